The third kappa shape index (κ3) is 2.14. The Kier molecular flexibility index (Phi) is 3.05. The van der Waals surface area contributed by atoms with Gasteiger partial charge in [0.1, 0.15) is 5.82 Å². The fourth-order valence-electron chi connectivity index (χ4n) is 3.26. The molecule has 1 aromatic rings. The van der Waals surface area contributed by atoms with Crippen LogP contribution in [0.2, 0.25) is 0 Å². The van der Waals surface area contributed by atoms with E-state index in [0.717, 1.165) is 31.5 Å². The van der Waals surface area contributed by atoms with E-state index in [-0.39, 0.29) is 17.7 Å². The molecule has 3 nitrogen and oxygen atoms in total. The molecule has 1 aliphatic carbocycles. The van der Waals surface area contributed by atoms with Crippen LogP contribution < -0.4 is 0 Å². The molecule has 0 bridgehead atoms. The maximum Gasteiger partial charge on any atom is 0.306 e. The number of benzene rings is 1. The molecule has 4 heteroatoms. The summed E-state index contributed by atoms with van der Waals surface area (Å²) in [4.78, 5) is 13.3. The maximum absolute atomic E-state index is 13.2. The average molecular weight is 263 g/mol. The van der Waals surface area contributed by atoms with Gasteiger partial charge in [-0.3, -0.25) is 9.69 Å². The van der Waals surface area contributed by atoms with E-state index in [1.807, 2.05) is 6.07 Å². The first kappa shape index (κ1) is 12.6. The number of carboxylic acids is 1. The van der Waals surface area contributed by atoms with E-state index < -0.39 is 5.97 Å². The molecule has 1 aromatic carbocycles. The number of hydrogen-bond donors (Lipinski definition) is 1. The van der Waals surface area contributed by atoms with Crippen LogP contribution in [-0.4, -0.2) is 29.1 Å². The molecule has 2 aliphatic rings. The van der Waals surface area contributed by atoms with Gasteiger partial charge in [0.2, 0.25) is 0 Å². The van der Waals surface area contributed by atoms with Crippen molar-refractivity contribution >= 4 is 5.97 Å². The molecule has 0 radical (unpaired) electrons. The van der Waals surface area contributed by atoms with Crippen molar-refractivity contribution in [2.45, 2.75) is 25.8 Å². The zero-order chi connectivity index (χ0) is 13.6. The molecule has 2 unspecified atom stereocenters. The molecule has 0 amide bonds. The molecule has 0 saturated carbocycles. The lowest BCUT2D eigenvalue weighted by molar-refractivity contribution is -0.146. The van der Waals surface area contributed by atoms with Crippen molar-refractivity contribution < 1.29 is 14.3 Å². The van der Waals surface area contributed by atoms with Gasteiger partial charge in [-0.1, -0.05) is 13.0 Å². The Morgan fingerprint density at radius 3 is 2.89 bits per heavy atom. The first-order chi connectivity index (χ1) is 9.06. The Labute approximate surface area is 112 Å². The van der Waals surface area contributed by atoms with Gasteiger partial charge < -0.3 is 5.11 Å². The van der Waals surface area contributed by atoms with Crippen molar-refractivity contribution in [2.24, 2.45) is 11.8 Å². The Bertz CT molecular complexity index is 511. The highest BCUT2D eigenvalue weighted by atomic mass is 19.1. The Morgan fingerprint density at radius 2 is 2.21 bits per heavy atom. The molecule has 1 saturated heterocycles. The normalized spacial score (nSPS) is 24.8. The number of nitrogens with zero attached hydrogens (tertiary/aromatic N) is 1. The zero-order valence-electron chi connectivity index (χ0n) is 11.0. The molecule has 1 N–H and O–H groups in total. The van der Waals surface area contributed by atoms with Gasteiger partial charge in [-0.15, -0.1) is 0 Å². The lowest BCUT2D eigenvalue weighted by atomic mass is 9.85. The molecule has 1 fully saturated rings. The number of aliphatic carboxylic acids is 1. The predicted octanol–water partition coefficient (Wildman–Crippen LogP) is 2.47. The number of hydrogen-bond acceptors (Lipinski definition) is 2. The Hall–Kier alpha value is -1.42. The molecule has 1 heterocycles. The zero-order valence-corrected chi connectivity index (χ0v) is 11.0. The van der Waals surface area contributed by atoms with Crippen LogP contribution in [0.1, 0.15) is 30.5 Å². The van der Waals surface area contributed by atoms with Gasteiger partial charge >= 0.3 is 5.97 Å². The van der Waals surface area contributed by atoms with E-state index in [9.17, 15) is 9.18 Å². The van der Waals surface area contributed by atoms with E-state index in [1.165, 1.54) is 11.6 Å². The van der Waals surface area contributed by atoms with E-state index >= 15 is 0 Å². The quantitative estimate of drug-likeness (QED) is 0.910. The molecule has 0 aromatic heterocycles. The van der Waals surface area contributed by atoms with Gasteiger partial charge in [0.05, 0.1) is 5.92 Å². The highest BCUT2D eigenvalue weighted by Crippen LogP contribution is 2.40. The SMILES string of the molecule is CC(C(=O)O)C1CN(C2CCc3cc(F)ccc32)C1. The average Bonchev–Trinajstić information content (AvgIpc) is 2.70. The maximum atomic E-state index is 13.2. The van der Waals surface area contributed by atoms with Crippen LogP contribution in [0, 0.1) is 17.7 Å². The predicted molar refractivity (Wildman–Crippen MR) is 69.3 cm³/mol. The summed E-state index contributed by atoms with van der Waals surface area (Å²) in [6.45, 7) is 3.46. The lowest BCUT2D eigenvalue weighted by Crippen LogP contribution is -2.51. The van der Waals surface area contributed by atoms with Crippen LogP contribution in [0.5, 0.6) is 0 Å². The first-order valence-corrected chi connectivity index (χ1v) is 6.81. The summed E-state index contributed by atoms with van der Waals surface area (Å²) in [6, 6.07) is 5.39. The summed E-state index contributed by atoms with van der Waals surface area (Å²) in [5.74, 6) is -0.897. The second-order valence-corrected chi connectivity index (χ2v) is 5.74. The van der Waals surface area contributed by atoms with Crippen molar-refractivity contribution in [3.63, 3.8) is 0 Å². The second kappa shape index (κ2) is 4.60. The van der Waals surface area contributed by atoms with E-state index in [0.29, 0.717) is 6.04 Å². The fraction of sp³-hybridized carbons (Fsp3) is 0.533. The minimum absolute atomic E-state index is 0.166. The highest BCUT2D eigenvalue weighted by molar-refractivity contribution is 5.70. The van der Waals surface area contributed by atoms with Gasteiger partial charge in [-0.25, -0.2) is 4.39 Å². The summed E-state index contributed by atoms with van der Waals surface area (Å²) < 4.78 is 13.2. The van der Waals surface area contributed by atoms with Crippen molar-refractivity contribution in [1.29, 1.82) is 0 Å². The molecule has 2 atom stereocenters. The van der Waals surface area contributed by atoms with E-state index in [1.54, 1.807) is 13.0 Å². The summed E-state index contributed by atoms with van der Waals surface area (Å²) in [5.41, 5.74) is 2.34. The highest BCUT2D eigenvalue weighted by Gasteiger charge is 2.40. The number of carbonyl (C=O) groups is 1. The minimum atomic E-state index is -0.710. The summed E-state index contributed by atoms with van der Waals surface area (Å²) >= 11 is 0. The van der Waals surface area contributed by atoms with Crippen LogP contribution in [0.3, 0.4) is 0 Å². The fourth-order valence-corrected chi connectivity index (χ4v) is 3.26. The summed E-state index contributed by atoms with van der Waals surface area (Å²) in [6.07, 6.45) is 1.94. The summed E-state index contributed by atoms with van der Waals surface area (Å²) in [5, 5.41) is 9.00. The van der Waals surface area contributed by atoms with E-state index in [2.05, 4.69) is 4.90 Å². The molecule has 1 aliphatic heterocycles. The molecular weight excluding hydrogens is 245 g/mol. The third-order valence-electron chi connectivity index (χ3n) is 4.63. The molecule has 3 rings (SSSR count). The van der Waals surface area contributed by atoms with Crippen molar-refractivity contribution in [1.82, 2.24) is 4.90 Å². The van der Waals surface area contributed by atoms with Gasteiger partial charge in [-0.2, -0.15) is 0 Å². The topological polar surface area (TPSA) is 40.5 Å². The van der Waals surface area contributed by atoms with Crippen molar-refractivity contribution in [3.05, 3.63) is 35.1 Å². The van der Waals surface area contributed by atoms with E-state index in [4.69, 9.17) is 5.11 Å². The van der Waals surface area contributed by atoms with Crippen LogP contribution in [0.25, 0.3) is 0 Å². The largest absolute Gasteiger partial charge is 0.481 e. The van der Waals surface area contributed by atoms with Crippen LogP contribution in [0.15, 0.2) is 18.2 Å². The van der Waals surface area contributed by atoms with Gasteiger partial charge in [0.15, 0.2) is 0 Å². The van der Waals surface area contributed by atoms with Crippen LogP contribution >= 0.6 is 0 Å². The van der Waals surface area contributed by atoms with Gasteiger partial charge in [-0.05, 0) is 42.0 Å². The molecular formula is C15H18FNO2. The molecule has 102 valence electrons. The monoisotopic (exact) mass is 263 g/mol. The molecule has 19 heavy (non-hydrogen) atoms. The minimum Gasteiger partial charge on any atom is -0.481 e. The number of halogens is 1. The number of aryl methyl sites for hydroxylation is 1. The van der Waals surface area contributed by atoms with Crippen molar-refractivity contribution in [2.75, 3.05) is 13.1 Å². The first-order valence-electron chi connectivity index (χ1n) is 6.81. The van der Waals surface area contributed by atoms with Crippen LogP contribution in [-0.2, 0) is 11.2 Å². The second-order valence-electron chi connectivity index (χ2n) is 5.74. The Balaban J connectivity index is 1.67. The standard InChI is InChI=1S/C15H18FNO2/c1-9(15(18)19)11-7-17(8-11)14-5-2-10-6-12(16)3-4-13(10)14/h3-4,6,9,11,14H,2,5,7-8H2,1H3,(H,18,19). The van der Waals surface area contributed by atoms with Crippen LogP contribution in [0.4, 0.5) is 4.39 Å². The van der Waals surface area contributed by atoms with Gasteiger partial charge in [0.25, 0.3) is 0 Å². The lowest BCUT2D eigenvalue weighted by Gasteiger charge is -2.45. The summed E-state index contributed by atoms with van der Waals surface area (Å²) in [7, 11) is 0. The Morgan fingerprint density at radius 1 is 1.47 bits per heavy atom. The number of likely N-dealkylation sites (tertiary alicyclic amines) is 1. The number of carboxylic acid groups (broad SMARTS) is 1. The number of fused-ring (bicyclic) bond motifs is 1. The molecule has 0 spiro atoms. The smallest absolute Gasteiger partial charge is 0.306 e. The third-order valence-corrected chi connectivity index (χ3v) is 4.63. The van der Waals surface area contributed by atoms with Gasteiger partial charge in [0, 0.05) is 19.1 Å². The number of rotatable bonds is 3. The van der Waals surface area contributed by atoms with Crippen molar-refractivity contribution in [3.8, 4) is 0 Å².